The average molecular weight is 170 g/mol. The average Bonchev–Trinajstić information content (AvgIpc) is 2.10. The Balaban J connectivity index is 2.34. The van der Waals surface area contributed by atoms with E-state index in [1.165, 1.54) is 12.5 Å². The standard InChI is InChI=1S/C9H18OSi/c1-11(2,3)7-8-4-5-9(10)6-8/h8H,4-7H2,1-3H3. The third kappa shape index (κ3) is 3.19. The van der Waals surface area contributed by atoms with Gasteiger partial charge in [-0.1, -0.05) is 25.7 Å². The highest BCUT2D eigenvalue weighted by atomic mass is 28.3. The maximum atomic E-state index is 11.0. The van der Waals surface area contributed by atoms with Gasteiger partial charge < -0.3 is 0 Å². The fourth-order valence-electron chi connectivity index (χ4n) is 1.93. The summed E-state index contributed by atoms with van der Waals surface area (Å²) in [6.07, 6.45) is 2.91. The predicted molar refractivity (Wildman–Crippen MR) is 50.5 cm³/mol. The smallest absolute Gasteiger partial charge is 0.133 e. The Morgan fingerprint density at radius 3 is 2.45 bits per heavy atom. The largest absolute Gasteiger partial charge is 0.300 e. The summed E-state index contributed by atoms with van der Waals surface area (Å²) in [5.74, 6) is 1.24. The molecular weight excluding hydrogens is 152 g/mol. The second-order valence-corrected chi connectivity index (χ2v) is 10.4. The minimum atomic E-state index is -0.904. The van der Waals surface area contributed by atoms with Gasteiger partial charge >= 0.3 is 0 Å². The summed E-state index contributed by atoms with van der Waals surface area (Å²) in [5.41, 5.74) is 0. The Hall–Kier alpha value is -0.113. The Bertz CT molecular complexity index is 157. The number of rotatable bonds is 2. The van der Waals surface area contributed by atoms with Crippen molar-refractivity contribution < 1.29 is 4.79 Å². The molecule has 64 valence electrons. The number of carbonyl (C=O) groups excluding carboxylic acids is 1. The van der Waals surface area contributed by atoms with E-state index in [1.54, 1.807) is 0 Å². The van der Waals surface area contributed by atoms with E-state index in [4.69, 9.17) is 0 Å². The molecule has 0 aromatic rings. The lowest BCUT2D eigenvalue weighted by atomic mass is 10.1. The third-order valence-corrected chi connectivity index (χ3v) is 4.05. The highest BCUT2D eigenvalue weighted by Gasteiger charge is 2.26. The number of ketones is 1. The van der Waals surface area contributed by atoms with E-state index in [0.717, 1.165) is 18.8 Å². The lowest BCUT2D eigenvalue weighted by molar-refractivity contribution is -0.117. The predicted octanol–water partition coefficient (Wildman–Crippen LogP) is 2.69. The molecule has 1 saturated carbocycles. The van der Waals surface area contributed by atoms with Gasteiger partial charge in [-0.25, -0.2) is 0 Å². The van der Waals surface area contributed by atoms with Crippen LogP contribution in [-0.4, -0.2) is 13.9 Å². The first-order chi connectivity index (χ1) is 4.97. The third-order valence-electron chi connectivity index (χ3n) is 2.25. The summed E-state index contributed by atoms with van der Waals surface area (Å²) in [5, 5.41) is 0. The monoisotopic (exact) mass is 170 g/mol. The highest BCUT2D eigenvalue weighted by molar-refractivity contribution is 6.76. The molecule has 0 bridgehead atoms. The van der Waals surface area contributed by atoms with Gasteiger partial charge in [-0.3, -0.25) is 4.79 Å². The highest BCUT2D eigenvalue weighted by Crippen LogP contribution is 2.29. The Morgan fingerprint density at radius 1 is 1.45 bits per heavy atom. The van der Waals surface area contributed by atoms with E-state index in [2.05, 4.69) is 19.6 Å². The van der Waals surface area contributed by atoms with E-state index in [0.29, 0.717) is 5.78 Å². The minimum Gasteiger partial charge on any atom is -0.300 e. The topological polar surface area (TPSA) is 17.1 Å². The van der Waals surface area contributed by atoms with Crippen molar-refractivity contribution >= 4 is 13.9 Å². The molecule has 0 aromatic carbocycles. The van der Waals surface area contributed by atoms with Crippen LogP contribution in [-0.2, 0) is 4.79 Å². The van der Waals surface area contributed by atoms with Crippen LogP contribution in [0.3, 0.4) is 0 Å². The number of hydrogen-bond donors (Lipinski definition) is 0. The fourth-order valence-corrected chi connectivity index (χ4v) is 4.01. The van der Waals surface area contributed by atoms with E-state index >= 15 is 0 Å². The maximum Gasteiger partial charge on any atom is 0.133 e. The van der Waals surface area contributed by atoms with Gasteiger partial charge in [0.1, 0.15) is 5.78 Å². The van der Waals surface area contributed by atoms with Crippen molar-refractivity contribution in [3.05, 3.63) is 0 Å². The van der Waals surface area contributed by atoms with Crippen molar-refractivity contribution in [3.63, 3.8) is 0 Å². The van der Waals surface area contributed by atoms with E-state index in [1.807, 2.05) is 0 Å². The molecule has 1 aliphatic carbocycles. The molecule has 1 fully saturated rings. The molecule has 1 unspecified atom stereocenters. The minimum absolute atomic E-state index is 0.494. The molecule has 0 spiro atoms. The van der Waals surface area contributed by atoms with Crippen LogP contribution in [0.4, 0.5) is 0 Å². The molecule has 11 heavy (non-hydrogen) atoms. The Morgan fingerprint density at radius 2 is 2.09 bits per heavy atom. The zero-order valence-electron chi connectivity index (χ0n) is 7.81. The van der Waals surface area contributed by atoms with Gasteiger partial charge in [-0.2, -0.15) is 0 Å². The van der Waals surface area contributed by atoms with Gasteiger partial charge in [-0.05, 0) is 12.3 Å². The molecular formula is C9H18OSi. The first-order valence-corrected chi connectivity index (χ1v) is 8.20. The molecule has 1 rings (SSSR count). The molecule has 1 nitrogen and oxygen atoms in total. The van der Waals surface area contributed by atoms with Gasteiger partial charge in [0.15, 0.2) is 0 Å². The zero-order valence-corrected chi connectivity index (χ0v) is 8.81. The van der Waals surface area contributed by atoms with E-state index in [9.17, 15) is 4.79 Å². The number of hydrogen-bond acceptors (Lipinski definition) is 1. The Labute approximate surface area is 70.2 Å². The first kappa shape index (κ1) is 8.98. The molecule has 0 aromatic heterocycles. The summed E-state index contributed by atoms with van der Waals surface area (Å²) in [6, 6.07) is 1.35. The molecule has 0 N–H and O–H groups in total. The van der Waals surface area contributed by atoms with Crippen molar-refractivity contribution in [3.8, 4) is 0 Å². The summed E-state index contributed by atoms with van der Waals surface area (Å²) >= 11 is 0. The van der Waals surface area contributed by atoms with Gasteiger partial charge in [0, 0.05) is 20.9 Å². The van der Waals surface area contributed by atoms with E-state index in [-0.39, 0.29) is 0 Å². The first-order valence-electron chi connectivity index (χ1n) is 4.49. The maximum absolute atomic E-state index is 11.0. The summed E-state index contributed by atoms with van der Waals surface area (Å²) in [7, 11) is -0.904. The van der Waals surface area contributed by atoms with Gasteiger partial charge in [0.05, 0.1) is 0 Å². The molecule has 1 atom stereocenters. The van der Waals surface area contributed by atoms with Crippen LogP contribution in [0.2, 0.25) is 25.7 Å². The van der Waals surface area contributed by atoms with E-state index < -0.39 is 8.07 Å². The summed E-state index contributed by atoms with van der Waals surface area (Å²) in [6.45, 7) is 7.15. The van der Waals surface area contributed by atoms with Crippen molar-refractivity contribution in [1.82, 2.24) is 0 Å². The quantitative estimate of drug-likeness (QED) is 0.582. The van der Waals surface area contributed by atoms with Crippen LogP contribution >= 0.6 is 0 Å². The molecule has 0 radical (unpaired) electrons. The van der Waals surface area contributed by atoms with Gasteiger partial charge in [-0.15, -0.1) is 0 Å². The molecule has 0 heterocycles. The van der Waals surface area contributed by atoms with Crippen LogP contribution in [0.5, 0.6) is 0 Å². The number of Topliss-reactive ketones (excluding diaryl/α,β-unsaturated/α-hetero) is 1. The van der Waals surface area contributed by atoms with Crippen LogP contribution in [0.25, 0.3) is 0 Å². The van der Waals surface area contributed by atoms with Gasteiger partial charge in [0.25, 0.3) is 0 Å². The number of carbonyl (C=O) groups is 1. The molecule has 0 saturated heterocycles. The van der Waals surface area contributed by atoms with Crippen molar-refractivity contribution in [2.75, 3.05) is 0 Å². The summed E-state index contributed by atoms with van der Waals surface area (Å²) in [4.78, 5) is 11.0. The normalized spacial score (nSPS) is 26.1. The summed E-state index contributed by atoms with van der Waals surface area (Å²) < 4.78 is 0. The SMILES string of the molecule is C[Si](C)(C)CC1CCC(=O)C1. The second-order valence-electron chi connectivity index (χ2n) is 4.91. The van der Waals surface area contributed by atoms with Crippen LogP contribution in [0, 0.1) is 5.92 Å². The fraction of sp³-hybridized carbons (Fsp3) is 0.889. The molecule has 1 aliphatic rings. The lowest BCUT2D eigenvalue weighted by Gasteiger charge is -2.19. The van der Waals surface area contributed by atoms with Crippen LogP contribution in [0.1, 0.15) is 19.3 Å². The van der Waals surface area contributed by atoms with Crippen LogP contribution < -0.4 is 0 Å². The molecule has 0 amide bonds. The van der Waals surface area contributed by atoms with Gasteiger partial charge in [0.2, 0.25) is 0 Å². The lowest BCUT2D eigenvalue weighted by Crippen LogP contribution is -2.22. The molecule has 0 aliphatic heterocycles. The van der Waals surface area contributed by atoms with Crippen molar-refractivity contribution in [2.45, 2.75) is 44.9 Å². The van der Waals surface area contributed by atoms with Crippen molar-refractivity contribution in [2.24, 2.45) is 5.92 Å². The second kappa shape index (κ2) is 3.09. The Kier molecular flexibility index (Phi) is 2.53. The van der Waals surface area contributed by atoms with Crippen molar-refractivity contribution in [1.29, 1.82) is 0 Å². The van der Waals surface area contributed by atoms with Crippen LogP contribution in [0.15, 0.2) is 0 Å². The zero-order chi connectivity index (χ0) is 8.48. The molecule has 2 heteroatoms.